The van der Waals surface area contributed by atoms with Crippen LogP contribution in [0.1, 0.15) is 27.8 Å². The minimum atomic E-state index is -4.97. The molecule has 5 nitrogen and oxygen atoms in total. The van der Waals surface area contributed by atoms with Crippen LogP contribution in [0.2, 0.25) is 5.02 Å². The lowest BCUT2D eigenvalue weighted by atomic mass is 9.69. The number of anilines is 1. The lowest BCUT2D eigenvalue weighted by Gasteiger charge is -2.33. The van der Waals surface area contributed by atoms with Gasteiger partial charge in [-0.05, 0) is 59.7 Å². The third kappa shape index (κ3) is 7.48. The van der Waals surface area contributed by atoms with Gasteiger partial charge in [-0.1, -0.05) is 60.1 Å². The zero-order valence-corrected chi connectivity index (χ0v) is 24.4. The van der Waals surface area contributed by atoms with Crippen LogP contribution in [-0.4, -0.2) is 36.1 Å². The molecule has 246 valence electrons. The van der Waals surface area contributed by atoms with E-state index in [1.54, 1.807) is 30.3 Å². The fourth-order valence-electron chi connectivity index (χ4n) is 5.29. The highest BCUT2D eigenvalue weighted by atomic mass is 35.5. The number of hydrogen-bond acceptors (Lipinski definition) is 4. The molecule has 5 rings (SSSR count). The zero-order valence-electron chi connectivity index (χ0n) is 23.6. The van der Waals surface area contributed by atoms with E-state index in [2.05, 4.69) is 15.2 Å². The van der Waals surface area contributed by atoms with Crippen LogP contribution in [0.4, 0.5) is 45.2 Å². The first-order valence-electron chi connectivity index (χ1n) is 13.6. The van der Waals surface area contributed by atoms with Crippen molar-refractivity contribution in [2.45, 2.75) is 24.1 Å². The van der Waals surface area contributed by atoms with Gasteiger partial charge < -0.3 is 10.1 Å². The molecule has 0 saturated carbocycles. The maximum atomic E-state index is 13.5. The highest BCUT2D eigenvalue weighted by Crippen LogP contribution is 2.43. The summed E-state index contributed by atoms with van der Waals surface area (Å²) in [6.45, 7) is -0.576. The van der Waals surface area contributed by atoms with E-state index in [9.17, 15) is 44.3 Å². The normalized spacial score (nSPS) is 17.0. The Morgan fingerprint density at radius 2 is 1.43 bits per heavy atom. The van der Waals surface area contributed by atoms with Crippen LogP contribution >= 0.6 is 11.6 Å². The van der Waals surface area contributed by atoms with Crippen LogP contribution < -0.4 is 10.1 Å². The number of hydrazone groups is 1. The van der Waals surface area contributed by atoms with Crippen molar-refractivity contribution >= 4 is 28.9 Å². The summed E-state index contributed by atoms with van der Waals surface area (Å²) in [4.78, 5) is 13.1. The lowest BCUT2D eigenvalue weighted by Crippen LogP contribution is -2.41. The number of nitrogens with one attached hydrogen (secondary N) is 1. The number of carbonyl (C=O) groups excluding carboxylic acids is 1. The SMILES string of the molecule is O=C(CN1CC(c2ccccc2)(c2ccc(OC(F)(F)F)cc2)C(c2ccc(C(F)(F)F)c(Cl)c2)=N1)Nc1ccc(C(F)(F)F)cc1. The first-order valence-corrected chi connectivity index (χ1v) is 13.9. The molecule has 0 saturated heterocycles. The molecule has 0 bridgehead atoms. The van der Waals surface area contributed by atoms with Crippen LogP contribution in [0.3, 0.4) is 0 Å². The molecule has 1 N–H and O–H groups in total. The molecule has 0 aromatic heterocycles. The molecule has 1 atom stereocenters. The summed E-state index contributed by atoms with van der Waals surface area (Å²) in [5.74, 6) is -1.21. The summed E-state index contributed by atoms with van der Waals surface area (Å²) in [6.07, 6.45) is -14.3. The Balaban J connectivity index is 1.57. The Labute approximate surface area is 266 Å². The number of halogens is 10. The summed E-state index contributed by atoms with van der Waals surface area (Å²) in [6, 6.07) is 20.0. The van der Waals surface area contributed by atoms with E-state index in [4.69, 9.17) is 11.6 Å². The average molecular weight is 686 g/mol. The molecule has 1 aliphatic rings. The zero-order chi connectivity index (χ0) is 34.2. The molecule has 1 heterocycles. The van der Waals surface area contributed by atoms with Gasteiger partial charge in [-0.3, -0.25) is 9.80 Å². The van der Waals surface area contributed by atoms with Gasteiger partial charge in [0.15, 0.2) is 0 Å². The number of ether oxygens (including phenoxy) is 1. The predicted molar refractivity (Wildman–Crippen MR) is 155 cm³/mol. The summed E-state index contributed by atoms with van der Waals surface area (Å²) in [7, 11) is 0. The number of rotatable bonds is 7. The fraction of sp³-hybridized carbons (Fsp3) is 0.188. The number of benzene rings is 4. The van der Waals surface area contributed by atoms with Gasteiger partial charge in [0.25, 0.3) is 0 Å². The highest BCUT2D eigenvalue weighted by molar-refractivity contribution is 6.32. The largest absolute Gasteiger partial charge is 0.573 e. The standard InChI is InChI=1S/C32H21ClF9N3O2/c33-26-16-19(6-15-25(26)31(37,38)39)28-29(20-4-2-1-3-5-20,21-9-13-24(14-10-21)47-32(40,41)42)18-45(44-28)17-27(46)43-23-11-7-22(8-12-23)30(34,35)36/h1-16H,17-18H2,(H,43,46). The van der Waals surface area contributed by atoms with Crippen molar-refractivity contribution < 1.29 is 49.0 Å². The molecule has 0 spiro atoms. The van der Waals surface area contributed by atoms with Crippen LogP contribution in [0, 0.1) is 0 Å². The van der Waals surface area contributed by atoms with E-state index in [-0.39, 0.29) is 23.5 Å². The summed E-state index contributed by atoms with van der Waals surface area (Å²) in [5, 5.41) is 7.75. The minimum absolute atomic E-state index is 0.0653. The van der Waals surface area contributed by atoms with Crippen molar-refractivity contribution in [2.75, 3.05) is 18.4 Å². The number of amides is 1. The van der Waals surface area contributed by atoms with Crippen LogP contribution in [-0.2, 0) is 22.6 Å². The first kappa shape index (κ1) is 33.6. The summed E-state index contributed by atoms with van der Waals surface area (Å²) >= 11 is 6.06. The Bertz CT molecular complexity index is 1770. The topological polar surface area (TPSA) is 53.9 Å². The molecule has 0 aliphatic carbocycles. The van der Waals surface area contributed by atoms with Gasteiger partial charge in [0.2, 0.25) is 5.91 Å². The Morgan fingerprint density at radius 1 is 0.809 bits per heavy atom. The van der Waals surface area contributed by atoms with Crippen LogP contribution in [0.25, 0.3) is 0 Å². The van der Waals surface area contributed by atoms with E-state index < -0.39 is 58.5 Å². The second kappa shape index (κ2) is 12.5. The molecule has 0 radical (unpaired) electrons. The molecule has 15 heteroatoms. The van der Waals surface area contributed by atoms with E-state index in [1.165, 1.54) is 17.1 Å². The van der Waals surface area contributed by atoms with Crippen molar-refractivity contribution in [3.05, 3.63) is 130 Å². The lowest BCUT2D eigenvalue weighted by molar-refractivity contribution is -0.274. The van der Waals surface area contributed by atoms with Gasteiger partial charge >= 0.3 is 18.7 Å². The van der Waals surface area contributed by atoms with Gasteiger partial charge in [0, 0.05) is 11.3 Å². The van der Waals surface area contributed by atoms with Gasteiger partial charge in [0.1, 0.15) is 12.3 Å². The first-order chi connectivity index (χ1) is 22.0. The van der Waals surface area contributed by atoms with E-state index >= 15 is 0 Å². The highest BCUT2D eigenvalue weighted by Gasteiger charge is 2.47. The van der Waals surface area contributed by atoms with Crippen LogP contribution in [0.5, 0.6) is 5.75 Å². The molecule has 1 unspecified atom stereocenters. The van der Waals surface area contributed by atoms with Crippen molar-refractivity contribution in [2.24, 2.45) is 5.10 Å². The van der Waals surface area contributed by atoms with Gasteiger partial charge in [-0.15, -0.1) is 13.2 Å². The molecule has 1 amide bonds. The van der Waals surface area contributed by atoms with Gasteiger partial charge in [-0.25, -0.2) is 0 Å². The Kier molecular flexibility index (Phi) is 8.93. The monoisotopic (exact) mass is 685 g/mol. The van der Waals surface area contributed by atoms with Crippen molar-refractivity contribution in [1.29, 1.82) is 0 Å². The average Bonchev–Trinajstić information content (AvgIpc) is 3.36. The molecular weight excluding hydrogens is 665 g/mol. The van der Waals surface area contributed by atoms with Gasteiger partial charge in [-0.2, -0.15) is 31.4 Å². The van der Waals surface area contributed by atoms with E-state index in [0.29, 0.717) is 11.1 Å². The minimum Gasteiger partial charge on any atom is -0.406 e. The third-order valence-electron chi connectivity index (χ3n) is 7.28. The second-order valence-corrected chi connectivity index (χ2v) is 10.8. The van der Waals surface area contributed by atoms with E-state index in [1.807, 2.05) is 0 Å². The Morgan fingerprint density at radius 3 is 1.98 bits per heavy atom. The molecular formula is C32H21ClF9N3O2. The Hall–Kier alpha value is -4.72. The maximum absolute atomic E-state index is 13.5. The van der Waals surface area contributed by atoms with Crippen LogP contribution in [0.15, 0.2) is 102 Å². The molecule has 4 aromatic rings. The smallest absolute Gasteiger partial charge is 0.406 e. The number of nitrogens with zero attached hydrogens (tertiary/aromatic N) is 2. The molecule has 0 fully saturated rings. The molecule has 47 heavy (non-hydrogen) atoms. The summed E-state index contributed by atoms with van der Waals surface area (Å²) < 4.78 is 122. The van der Waals surface area contributed by atoms with E-state index in [0.717, 1.165) is 54.6 Å². The maximum Gasteiger partial charge on any atom is 0.573 e. The van der Waals surface area contributed by atoms with Crippen molar-refractivity contribution in [3.63, 3.8) is 0 Å². The number of alkyl halides is 9. The summed E-state index contributed by atoms with van der Waals surface area (Å²) in [5.41, 5.74) is -2.17. The second-order valence-electron chi connectivity index (χ2n) is 10.4. The quantitative estimate of drug-likeness (QED) is 0.198. The number of carbonyl (C=O) groups is 1. The molecule has 1 aliphatic heterocycles. The predicted octanol–water partition coefficient (Wildman–Crippen LogP) is 8.92. The number of hydrogen-bond donors (Lipinski definition) is 1. The fourth-order valence-corrected chi connectivity index (χ4v) is 5.58. The van der Waals surface area contributed by atoms with Crippen molar-refractivity contribution in [3.8, 4) is 5.75 Å². The van der Waals surface area contributed by atoms with Crippen molar-refractivity contribution in [1.82, 2.24) is 5.01 Å². The van der Waals surface area contributed by atoms with Gasteiger partial charge in [0.05, 0.1) is 33.8 Å². The third-order valence-corrected chi connectivity index (χ3v) is 7.60. The molecule has 4 aromatic carbocycles.